The van der Waals surface area contributed by atoms with Gasteiger partial charge in [0.15, 0.2) is 0 Å². The molecule has 7 heteroatoms. The van der Waals surface area contributed by atoms with Crippen molar-refractivity contribution in [2.75, 3.05) is 13.1 Å². The quantitative estimate of drug-likeness (QED) is 0.690. The first-order valence-corrected chi connectivity index (χ1v) is 7.04. The Labute approximate surface area is 133 Å². The minimum absolute atomic E-state index is 0.166. The predicted octanol–water partition coefficient (Wildman–Crippen LogP) is 0.442. The van der Waals surface area contributed by atoms with Crippen LogP contribution in [0.25, 0.3) is 0 Å². The van der Waals surface area contributed by atoms with E-state index in [1.165, 1.54) is 6.26 Å². The minimum atomic E-state index is -0.442. The number of amides is 3. The Morgan fingerprint density at radius 3 is 2.22 bits per heavy atom. The lowest BCUT2D eigenvalue weighted by atomic mass is 10.2. The first-order chi connectivity index (χ1) is 11.1. The van der Waals surface area contributed by atoms with Gasteiger partial charge in [0, 0.05) is 5.56 Å². The number of carbonyl (C=O) groups excluding carboxylic acids is 3. The largest absolute Gasteiger partial charge is 0.467 e. The molecule has 120 valence electrons. The molecule has 0 fully saturated rings. The summed E-state index contributed by atoms with van der Waals surface area (Å²) in [5, 5.41) is 7.50. The third kappa shape index (κ3) is 5.66. The fourth-order valence-corrected chi connectivity index (χ4v) is 1.75. The van der Waals surface area contributed by atoms with Crippen LogP contribution in [0.2, 0.25) is 0 Å². The molecule has 0 saturated carbocycles. The Bertz CT molecular complexity index is 653. The maximum Gasteiger partial charge on any atom is 0.251 e. The second kappa shape index (κ2) is 8.38. The van der Waals surface area contributed by atoms with Crippen molar-refractivity contribution >= 4 is 17.7 Å². The molecule has 7 nitrogen and oxygen atoms in total. The number of carbonyl (C=O) groups is 3. The van der Waals surface area contributed by atoms with E-state index in [-0.39, 0.29) is 31.4 Å². The molecule has 2 aromatic rings. The first kappa shape index (κ1) is 16.3. The molecular weight excluding hydrogens is 298 g/mol. The number of benzene rings is 1. The molecule has 0 saturated heterocycles. The van der Waals surface area contributed by atoms with Gasteiger partial charge in [0.2, 0.25) is 11.8 Å². The standard InChI is InChI=1S/C16H17N3O4/c20-14(17-9-13-7-4-8-23-13)10-18-15(21)11-19-16(22)12-5-2-1-3-6-12/h1-8H,9-11H2,(H,17,20)(H,18,21)(H,19,22). The lowest BCUT2D eigenvalue weighted by Gasteiger charge is -2.07. The van der Waals surface area contributed by atoms with Crippen molar-refractivity contribution in [3.8, 4) is 0 Å². The molecule has 3 amide bonds. The molecule has 1 heterocycles. The summed E-state index contributed by atoms with van der Waals surface area (Å²) in [5.74, 6) is -0.505. The highest BCUT2D eigenvalue weighted by Crippen LogP contribution is 1.98. The van der Waals surface area contributed by atoms with Crippen molar-refractivity contribution in [2.24, 2.45) is 0 Å². The summed E-state index contributed by atoms with van der Waals surface area (Å²) in [6, 6.07) is 12.0. The molecular formula is C16H17N3O4. The van der Waals surface area contributed by atoms with Crippen LogP contribution in [-0.2, 0) is 16.1 Å². The van der Waals surface area contributed by atoms with Crippen molar-refractivity contribution in [3.05, 3.63) is 60.1 Å². The van der Waals surface area contributed by atoms with Crippen LogP contribution in [0.3, 0.4) is 0 Å². The molecule has 0 spiro atoms. The predicted molar refractivity (Wildman–Crippen MR) is 82.3 cm³/mol. The van der Waals surface area contributed by atoms with Crippen molar-refractivity contribution < 1.29 is 18.8 Å². The van der Waals surface area contributed by atoms with Crippen LogP contribution >= 0.6 is 0 Å². The Morgan fingerprint density at radius 2 is 1.52 bits per heavy atom. The smallest absolute Gasteiger partial charge is 0.251 e. The van der Waals surface area contributed by atoms with Crippen LogP contribution in [0, 0.1) is 0 Å². The molecule has 0 bridgehead atoms. The monoisotopic (exact) mass is 315 g/mol. The zero-order valence-corrected chi connectivity index (χ0v) is 12.4. The third-order valence-electron chi connectivity index (χ3n) is 2.93. The Kier molecular flexibility index (Phi) is 5.93. The highest BCUT2D eigenvalue weighted by atomic mass is 16.3. The van der Waals surface area contributed by atoms with Gasteiger partial charge in [-0.15, -0.1) is 0 Å². The summed E-state index contributed by atoms with van der Waals surface area (Å²) in [5.41, 5.74) is 0.469. The van der Waals surface area contributed by atoms with E-state index in [0.29, 0.717) is 11.3 Å². The lowest BCUT2D eigenvalue weighted by molar-refractivity contribution is -0.125. The number of nitrogens with one attached hydrogen (secondary N) is 3. The van der Waals surface area contributed by atoms with E-state index in [2.05, 4.69) is 16.0 Å². The molecule has 0 aliphatic rings. The molecule has 1 aromatic heterocycles. The summed E-state index contributed by atoms with van der Waals surface area (Å²) in [4.78, 5) is 34.9. The lowest BCUT2D eigenvalue weighted by Crippen LogP contribution is -2.41. The normalized spacial score (nSPS) is 9.91. The van der Waals surface area contributed by atoms with E-state index in [1.807, 2.05) is 0 Å². The highest BCUT2D eigenvalue weighted by Gasteiger charge is 2.09. The van der Waals surface area contributed by atoms with E-state index in [9.17, 15) is 14.4 Å². The average Bonchev–Trinajstić information content (AvgIpc) is 3.10. The average molecular weight is 315 g/mol. The summed E-state index contributed by atoms with van der Waals surface area (Å²) in [6.45, 7) is -0.105. The topological polar surface area (TPSA) is 100 Å². The van der Waals surface area contributed by atoms with E-state index in [0.717, 1.165) is 0 Å². The molecule has 23 heavy (non-hydrogen) atoms. The Balaban J connectivity index is 1.63. The number of rotatable bonds is 7. The van der Waals surface area contributed by atoms with Gasteiger partial charge >= 0.3 is 0 Å². The van der Waals surface area contributed by atoms with Crippen molar-refractivity contribution in [1.29, 1.82) is 0 Å². The summed E-state index contributed by atoms with van der Waals surface area (Å²) >= 11 is 0. The molecule has 0 aliphatic heterocycles. The fraction of sp³-hybridized carbons (Fsp3) is 0.188. The van der Waals surface area contributed by atoms with Gasteiger partial charge in [0.1, 0.15) is 5.76 Å². The van der Waals surface area contributed by atoms with E-state index in [1.54, 1.807) is 42.5 Å². The van der Waals surface area contributed by atoms with Gasteiger partial charge in [0.25, 0.3) is 5.91 Å². The van der Waals surface area contributed by atoms with Gasteiger partial charge in [-0.1, -0.05) is 18.2 Å². The van der Waals surface area contributed by atoms with Gasteiger partial charge in [-0.25, -0.2) is 0 Å². The summed E-state index contributed by atoms with van der Waals surface area (Å²) in [7, 11) is 0. The Hall–Kier alpha value is -3.09. The van der Waals surface area contributed by atoms with Gasteiger partial charge in [-0.2, -0.15) is 0 Å². The van der Waals surface area contributed by atoms with Gasteiger partial charge in [0.05, 0.1) is 25.9 Å². The van der Waals surface area contributed by atoms with Gasteiger partial charge in [-0.3, -0.25) is 14.4 Å². The fourth-order valence-electron chi connectivity index (χ4n) is 1.75. The summed E-state index contributed by atoms with van der Waals surface area (Å²) in [6.07, 6.45) is 1.51. The summed E-state index contributed by atoms with van der Waals surface area (Å²) < 4.78 is 5.07. The maximum atomic E-state index is 11.7. The van der Waals surface area contributed by atoms with Crippen LogP contribution in [0.5, 0.6) is 0 Å². The number of hydrogen-bond acceptors (Lipinski definition) is 4. The van der Waals surface area contributed by atoms with Crippen LogP contribution in [0.4, 0.5) is 0 Å². The van der Waals surface area contributed by atoms with E-state index < -0.39 is 5.91 Å². The number of hydrogen-bond donors (Lipinski definition) is 3. The molecule has 2 rings (SSSR count). The third-order valence-corrected chi connectivity index (χ3v) is 2.93. The van der Waals surface area contributed by atoms with E-state index >= 15 is 0 Å². The Morgan fingerprint density at radius 1 is 0.826 bits per heavy atom. The highest BCUT2D eigenvalue weighted by molar-refractivity contribution is 5.96. The second-order valence-corrected chi connectivity index (χ2v) is 4.68. The molecule has 0 radical (unpaired) electrons. The van der Waals surface area contributed by atoms with Crippen LogP contribution in [0.15, 0.2) is 53.1 Å². The number of furan rings is 1. The van der Waals surface area contributed by atoms with Crippen molar-refractivity contribution in [2.45, 2.75) is 6.54 Å². The van der Waals surface area contributed by atoms with Crippen LogP contribution < -0.4 is 16.0 Å². The van der Waals surface area contributed by atoms with Gasteiger partial charge < -0.3 is 20.4 Å². The zero-order chi connectivity index (χ0) is 16.5. The van der Waals surface area contributed by atoms with Crippen molar-refractivity contribution in [3.63, 3.8) is 0 Å². The van der Waals surface area contributed by atoms with Crippen molar-refractivity contribution in [1.82, 2.24) is 16.0 Å². The SMILES string of the molecule is O=C(CNC(=O)CNC(=O)c1ccccc1)NCc1ccco1. The zero-order valence-electron chi connectivity index (χ0n) is 12.4. The molecule has 0 aliphatic carbocycles. The first-order valence-electron chi connectivity index (χ1n) is 7.04. The van der Waals surface area contributed by atoms with Crippen LogP contribution in [-0.4, -0.2) is 30.8 Å². The minimum Gasteiger partial charge on any atom is -0.467 e. The molecule has 3 N–H and O–H groups in total. The second-order valence-electron chi connectivity index (χ2n) is 4.68. The van der Waals surface area contributed by atoms with Gasteiger partial charge in [-0.05, 0) is 24.3 Å². The molecule has 0 unspecified atom stereocenters. The van der Waals surface area contributed by atoms with E-state index in [4.69, 9.17) is 4.42 Å². The maximum absolute atomic E-state index is 11.7. The molecule has 1 aromatic carbocycles. The van der Waals surface area contributed by atoms with Crippen LogP contribution in [0.1, 0.15) is 16.1 Å². The molecule has 0 atom stereocenters.